The Morgan fingerprint density at radius 3 is 2.63 bits per heavy atom. The number of carboxylic acids is 1. The van der Waals surface area contributed by atoms with Gasteiger partial charge in [-0.2, -0.15) is 0 Å². The van der Waals surface area contributed by atoms with Crippen LogP contribution in [0.2, 0.25) is 0 Å². The van der Waals surface area contributed by atoms with Crippen LogP contribution in [0.1, 0.15) is 31.2 Å². The summed E-state index contributed by atoms with van der Waals surface area (Å²) in [6, 6.07) is 4.02. The monoisotopic (exact) mass is 370 g/mol. The second-order valence-corrected chi connectivity index (χ2v) is 6.91. The topological polar surface area (TPSA) is 96.2 Å². The van der Waals surface area contributed by atoms with E-state index in [1.54, 1.807) is 0 Å². The van der Waals surface area contributed by atoms with E-state index in [1.807, 2.05) is 45.1 Å². The fraction of sp³-hybridized carbons (Fsp3) is 0.474. The van der Waals surface area contributed by atoms with Crippen molar-refractivity contribution in [3.05, 3.63) is 17.7 Å². The van der Waals surface area contributed by atoms with Crippen molar-refractivity contribution in [1.82, 2.24) is 19.5 Å². The third kappa shape index (κ3) is 3.79. The molecular formula is C19H26N6O2. The Hall–Kier alpha value is -2.90. The van der Waals surface area contributed by atoms with Gasteiger partial charge in [0, 0.05) is 34.1 Å². The predicted molar refractivity (Wildman–Crippen MR) is 107 cm³/mol. The second-order valence-electron chi connectivity index (χ2n) is 6.91. The molecule has 8 heteroatoms. The molecule has 0 atom stereocenters. The average Bonchev–Trinajstić information content (AvgIpc) is 3.17. The molecule has 1 aromatic heterocycles. The Labute approximate surface area is 158 Å². The molecule has 0 aromatic carbocycles. The molecule has 27 heavy (non-hydrogen) atoms. The lowest BCUT2D eigenvalue weighted by atomic mass is 10.2. The Kier molecular flexibility index (Phi) is 5.43. The van der Waals surface area contributed by atoms with Gasteiger partial charge in [-0.15, -0.1) is 0 Å². The fourth-order valence-electron chi connectivity index (χ4n) is 3.22. The van der Waals surface area contributed by atoms with Gasteiger partial charge in [0.15, 0.2) is 0 Å². The van der Waals surface area contributed by atoms with Gasteiger partial charge in [-0.3, -0.25) is 4.79 Å². The van der Waals surface area contributed by atoms with Gasteiger partial charge in [0.2, 0.25) is 11.9 Å². The number of anilines is 2. The number of carboxylic acid groups (broad SMARTS) is 1. The van der Waals surface area contributed by atoms with Crippen molar-refractivity contribution in [2.45, 2.75) is 39.2 Å². The van der Waals surface area contributed by atoms with Crippen molar-refractivity contribution >= 4 is 28.9 Å². The highest BCUT2D eigenvalue weighted by molar-refractivity contribution is 5.93. The van der Waals surface area contributed by atoms with Gasteiger partial charge in [0.05, 0.1) is 16.7 Å². The van der Waals surface area contributed by atoms with Gasteiger partial charge in [-0.25, -0.2) is 15.0 Å². The first-order valence-corrected chi connectivity index (χ1v) is 9.17. The van der Waals surface area contributed by atoms with Gasteiger partial charge in [-0.1, -0.05) is 12.5 Å². The average molecular weight is 370 g/mol. The summed E-state index contributed by atoms with van der Waals surface area (Å²) in [7, 11) is 5.71. The number of hydrogen-bond donors (Lipinski definition) is 2. The molecule has 2 N–H and O–H groups in total. The summed E-state index contributed by atoms with van der Waals surface area (Å²) < 4.78 is 2.14. The lowest BCUT2D eigenvalue weighted by molar-refractivity contribution is -0.137. The van der Waals surface area contributed by atoms with Crippen LogP contribution in [0.15, 0.2) is 12.1 Å². The van der Waals surface area contributed by atoms with Gasteiger partial charge in [-0.05, 0) is 31.4 Å². The first-order chi connectivity index (χ1) is 12.9. The predicted octanol–water partition coefficient (Wildman–Crippen LogP) is 2.99. The highest BCUT2D eigenvalue weighted by Crippen LogP contribution is 2.33. The minimum atomic E-state index is -0.744. The van der Waals surface area contributed by atoms with Crippen molar-refractivity contribution in [3.8, 4) is 11.4 Å². The number of carbonyl (C=O) groups is 1. The zero-order valence-corrected chi connectivity index (χ0v) is 16.3. The summed E-state index contributed by atoms with van der Waals surface area (Å²) in [6.45, 7) is 2.78. The van der Waals surface area contributed by atoms with Crippen molar-refractivity contribution in [1.29, 1.82) is 0 Å². The van der Waals surface area contributed by atoms with E-state index in [0.29, 0.717) is 12.4 Å². The number of nitrogens with zero attached hydrogens (tertiary/aromatic N) is 5. The van der Waals surface area contributed by atoms with Crippen molar-refractivity contribution in [2.75, 3.05) is 31.4 Å². The molecule has 0 bridgehead atoms. The van der Waals surface area contributed by atoms with Crippen LogP contribution < -0.4 is 10.2 Å². The summed E-state index contributed by atoms with van der Waals surface area (Å²) in [5, 5.41) is 12.0. The van der Waals surface area contributed by atoms with E-state index in [-0.39, 0.29) is 6.42 Å². The summed E-state index contributed by atoms with van der Waals surface area (Å²) in [4.78, 5) is 26.8. The van der Waals surface area contributed by atoms with E-state index in [9.17, 15) is 4.79 Å². The van der Waals surface area contributed by atoms with E-state index in [1.165, 1.54) is 0 Å². The number of aromatic nitrogens is 4. The number of unbranched alkanes of at least 4 members (excludes halogenated alkanes) is 2. The Morgan fingerprint density at radius 1 is 1.19 bits per heavy atom. The maximum atomic E-state index is 10.7. The van der Waals surface area contributed by atoms with Crippen LogP contribution in [0, 0.1) is 6.92 Å². The van der Waals surface area contributed by atoms with E-state index in [2.05, 4.69) is 14.9 Å². The number of aryl methyl sites for hydroxylation is 2. The Balaban J connectivity index is 2.04. The molecule has 1 aliphatic carbocycles. The van der Waals surface area contributed by atoms with Gasteiger partial charge in [0.1, 0.15) is 5.69 Å². The molecule has 2 heterocycles. The number of fused-ring (bicyclic) bond motifs is 3. The van der Waals surface area contributed by atoms with Gasteiger partial charge in [0.25, 0.3) is 0 Å². The normalized spacial score (nSPS) is 11.3. The third-order valence-corrected chi connectivity index (χ3v) is 4.63. The second kappa shape index (κ2) is 7.77. The van der Waals surface area contributed by atoms with Crippen molar-refractivity contribution in [2.24, 2.45) is 0 Å². The molecule has 1 aromatic rings. The first kappa shape index (κ1) is 18.9. The molecule has 3 rings (SSSR count). The van der Waals surface area contributed by atoms with Crippen LogP contribution in [-0.2, 0) is 11.3 Å². The molecule has 8 nitrogen and oxygen atoms in total. The molecule has 0 radical (unpaired) electrons. The minimum absolute atomic E-state index is 0.211. The summed E-state index contributed by atoms with van der Waals surface area (Å²) >= 11 is 0. The van der Waals surface area contributed by atoms with Crippen LogP contribution in [0.25, 0.3) is 22.4 Å². The van der Waals surface area contributed by atoms with Crippen LogP contribution in [0.4, 0.5) is 11.9 Å². The minimum Gasteiger partial charge on any atom is -0.481 e. The van der Waals surface area contributed by atoms with Crippen LogP contribution in [0.3, 0.4) is 0 Å². The molecule has 1 aliphatic heterocycles. The van der Waals surface area contributed by atoms with Gasteiger partial charge >= 0.3 is 5.97 Å². The molecule has 0 saturated heterocycles. The summed E-state index contributed by atoms with van der Waals surface area (Å²) in [5.41, 5.74) is 4.62. The van der Waals surface area contributed by atoms with Gasteiger partial charge < -0.3 is 19.9 Å². The molecule has 0 saturated carbocycles. The molecule has 144 valence electrons. The number of aliphatic carboxylic acids is 1. The standard InChI is InChI=1S/C19H26N6O2/c1-12-9-10-13-16(23-19(21-13)24(3)4)17-15(12)22-18(20-2)25(17)11-7-5-6-8-14(26)27/h9-10H,5-8,11H2,1-4H3,(H,20,22)(H,26,27). The maximum absolute atomic E-state index is 10.7. The highest BCUT2D eigenvalue weighted by Gasteiger charge is 2.21. The SMILES string of the molecule is CNc1nc2c(C)ccc3nc(N(C)C)nc-3c2n1CCCCCC(=O)O. The summed E-state index contributed by atoms with van der Waals surface area (Å²) in [5.74, 6) is 0.718. The number of hydrogen-bond acceptors (Lipinski definition) is 6. The van der Waals surface area contributed by atoms with E-state index in [4.69, 9.17) is 15.1 Å². The van der Waals surface area contributed by atoms with Crippen molar-refractivity contribution in [3.63, 3.8) is 0 Å². The molecule has 2 aliphatic rings. The maximum Gasteiger partial charge on any atom is 0.303 e. The van der Waals surface area contributed by atoms with E-state index < -0.39 is 5.97 Å². The number of imidazole rings is 2. The zero-order chi connectivity index (χ0) is 19.6. The quantitative estimate of drug-likeness (QED) is 0.588. The largest absolute Gasteiger partial charge is 0.481 e. The molecule has 0 spiro atoms. The number of nitrogens with one attached hydrogen (secondary N) is 1. The summed E-state index contributed by atoms with van der Waals surface area (Å²) in [6.07, 6.45) is 2.62. The fourth-order valence-corrected chi connectivity index (χ4v) is 3.22. The van der Waals surface area contributed by atoms with E-state index in [0.717, 1.165) is 53.3 Å². The lowest BCUT2D eigenvalue weighted by Gasteiger charge is -2.09. The molecule has 0 amide bonds. The lowest BCUT2D eigenvalue weighted by Crippen LogP contribution is -2.09. The van der Waals surface area contributed by atoms with Crippen molar-refractivity contribution < 1.29 is 9.90 Å². The number of rotatable bonds is 8. The Morgan fingerprint density at radius 2 is 1.96 bits per heavy atom. The molecule has 0 unspecified atom stereocenters. The Bertz CT molecular complexity index is 934. The zero-order valence-electron chi connectivity index (χ0n) is 16.3. The van der Waals surface area contributed by atoms with Crippen LogP contribution in [0.5, 0.6) is 0 Å². The smallest absolute Gasteiger partial charge is 0.303 e. The third-order valence-electron chi connectivity index (χ3n) is 4.63. The van der Waals surface area contributed by atoms with Crippen LogP contribution >= 0.6 is 0 Å². The molecule has 0 fully saturated rings. The first-order valence-electron chi connectivity index (χ1n) is 9.17. The van der Waals surface area contributed by atoms with Crippen LogP contribution in [-0.4, -0.2) is 51.7 Å². The molecular weight excluding hydrogens is 344 g/mol. The van der Waals surface area contributed by atoms with E-state index >= 15 is 0 Å². The highest BCUT2D eigenvalue weighted by atomic mass is 16.4.